The molecule has 0 bridgehead atoms. The number of carbonyl (C=O) groups excluding carboxylic acids is 1. The summed E-state index contributed by atoms with van der Waals surface area (Å²) in [5.74, 6) is 0.409. The van der Waals surface area contributed by atoms with Gasteiger partial charge in [0.05, 0.1) is 6.42 Å². The summed E-state index contributed by atoms with van der Waals surface area (Å²) in [6.07, 6.45) is 4.01. The fraction of sp³-hybridized carbons (Fsp3) is 0.857. The van der Waals surface area contributed by atoms with Gasteiger partial charge in [0.2, 0.25) is 5.91 Å². The lowest BCUT2D eigenvalue weighted by atomic mass is 9.85. The second kappa shape index (κ2) is 6.21. The molecule has 0 radical (unpaired) electrons. The van der Waals surface area contributed by atoms with Gasteiger partial charge in [-0.1, -0.05) is 33.6 Å². The van der Waals surface area contributed by atoms with Crippen molar-refractivity contribution >= 4 is 11.9 Å². The Morgan fingerprint density at radius 1 is 1.28 bits per heavy atom. The molecular weight excluding hydrogens is 230 g/mol. The molecule has 0 aromatic carbocycles. The van der Waals surface area contributed by atoms with Crippen LogP contribution in [0.5, 0.6) is 0 Å². The molecule has 0 heterocycles. The third-order valence-corrected chi connectivity index (χ3v) is 3.87. The Balaban J connectivity index is 2.30. The Bertz CT molecular complexity index is 312. The Labute approximate surface area is 109 Å². The van der Waals surface area contributed by atoms with E-state index in [0.29, 0.717) is 11.8 Å². The number of nitrogens with one attached hydrogen (secondary N) is 1. The summed E-state index contributed by atoms with van der Waals surface area (Å²) >= 11 is 0. The van der Waals surface area contributed by atoms with Gasteiger partial charge in [-0.15, -0.1) is 0 Å². The zero-order chi connectivity index (χ0) is 13.8. The van der Waals surface area contributed by atoms with Gasteiger partial charge >= 0.3 is 5.97 Å². The van der Waals surface area contributed by atoms with E-state index in [-0.39, 0.29) is 18.7 Å². The summed E-state index contributed by atoms with van der Waals surface area (Å²) in [7, 11) is 0. The quantitative estimate of drug-likeness (QED) is 0.766. The van der Waals surface area contributed by atoms with Gasteiger partial charge in [-0.2, -0.15) is 0 Å². The number of carboxylic acids is 1. The monoisotopic (exact) mass is 255 g/mol. The van der Waals surface area contributed by atoms with Crippen LogP contribution in [0.1, 0.15) is 52.9 Å². The maximum atomic E-state index is 11.8. The van der Waals surface area contributed by atoms with E-state index in [2.05, 4.69) is 12.2 Å². The Hall–Kier alpha value is -1.06. The molecule has 2 unspecified atom stereocenters. The summed E-state index contributed by atoms with van der Waals surface area (Å²) in [6, 6.07) is 0. The van der Waals surface area contributed by atoms with Crippen molar-refractivity contribution in [2.75, 3.05) is 6.54 Å². The highest BCUT2D eigenvalue weighted by Crippen LogP contribution is 2.30. The largest absolute Gasteiger partial charge is 0.481 e. The van der Waals surface area contributed by atoms with Gasteiger partial charge in [0.15, 0.2) is 0 Å². The maximum Gasteiger partial charge on any atom is 0.303 e. The minimum atomic E-state index is -0.850. The lowest BCUT2D eigenvalue weighted by molar-refractivity contribution is -0.139. The number of rotatable bonds is 6. The molecule has 2 atom stereocenters. The molecule has 1 aliphatic rings. The van der Waals surface area contributed by atoms with Crippen molar-refractivity contribution in [3.63, 3.8) is 0 Å². The van der Waals surface area contributed by atoms with Crippen molar-refractivity contribution in [2.45, 2.75) is 52.9 Å². The molecular formula is C14H25NO3. The van der Waals surface area contributed by atoms with Gasteiger partial charge in [-0.05, 0) is 23.7 Å². The van der Waals surface area contributed by atoms with Crippen LogP contribution < -0.4 is 5.32 Å². The van der Waals surface area contributed by atoms with Crippen molar-refractivity contribution in [3.05, 3.63) is 0 Å². The van der Waals surface area contributed by atoms with Crippen LogP contribution in [0.4, 0.5) is 0 Å². The van der Waals surface area contributed by atoms with Crippen LogP contribution in [0.25, 0.3) is 0 Å². The SMILES string of the molecule is CC1CCCC1CNC(=O)CC(C)(C)CC(=O)O. The highest BCUT2D eigenvalue weighted by molar-refractivity contribution is 5.77. The van der Waals surface area contributed by atoms with Crippen molar-refractivity contribution in [1.29, 1.82) is 0 Å². The first-order valence-corrected chi connectivity index (χ1v) is 6.79. The molecule has 1 fully saturated rings. The first-order valence-electron chi connectivity index (χ1n) is 6.79. The second-order valence-electron chi connectivity index (χ2n) is 6.38. The van der Waals surface area contributed by atoms with Crippen molar-refractivity contribution < 1.29 is 14.7 Å². The lowest BCUT2D eigenvalue weighted by Crippen LogP contribution is -2.34. The highest BCUT2D eigenvalue weighted by Gasteiger charge is 2.27. The minimum absolute atomic E-state index is 0.0275. The van der Waals surface area contributed by atoms with Crippen LogP contribution in [0.15, 0.2) is 0 Å². The number of carboxylic acid groups (broad SMARTS) is 1. The summed E-state index contributed by atoms with van der Waals surface area (Å²) in [5, 5.41) is 11.7. The van der Waals surface area contributed by atoms with E-state index in [1.165, 1.54) is 19.3 Å². The third-order valence-electron chi connectivity index (χ3n) is 3.87. The smallest absolute Gasteiger partial charge is 0.303 e. The van der Waals surface area contributed by atoms with Gasteiger partial charge in [0, 0.05) is 13.0 Å². The molecule has 1 rings (SSSR count). The summed E-state index contributed by atoms with van der Waals surface area (Å²) < 4.78 is 0. The predicted molar refractivity (Wildman–Crippen MR) is 70.2 cm³/mol. The fourth-order valence-electron chi connectivity index (χ4n) is 2.74. The van der Waals surface area contributed by atoms with Crippen molar-refractivity contribution in [2.24, 2.45) is 17.3 Å². The van der Waals surface area contributed by atoms with Crippen molar-refractivity contribution in [1.82, 2.24) is 5.32 Å². The molecule has 1 saturated carbocycles. The average molecular weight is 255 g/mol. The molecule has 0 spiro atoms. The Kier molecular flexibility index (Phi) is 5.17. The molecule has 2 N–H and O–H groups in total. The summed E-state index contributed by atoms with van der Waals surface area (Å²) in [4.78, 5) is 22.5. The fourth-order valence-corrected chi connectivity index (χ4v) is 2.74. The number of aliphatic carboxylic acids is 1. The van der Waals surface area contributed by atoms with Gasteiger partial charge in [-0.3, -0.25) is 9.59 Å². The van der Waals surface area contributed by atoms with Gasteiger partial charge in [-0.25, -0.2) is 0 Å². The maximum absolute atomic E-state index is 11.8. The predicted octanol–water partition coefficient (Wildman–Crippen LogP) is 2.43. The van der Waals surface area contributed by atoms with Gasteiger partial charge in [0.1, 0.15) is 0 Å². The topological polar surface area (TPSA) is 66.4 Å². The third kappa shape index (κ3) is 5.07. The molecule has 0 aromatic heterocycles. The van der Waals surface area contributed by atoms with E-state index in [0.717, 1.165) is 6.54 Å². The Morgan fingerprint density at radius 2 is 1.94 bits per heavy atom. The first-order chi connectivity index (χ1) is 8.30. The summed E-state index contributed by atoms with van der Waals surface area (Å²) in [6.45, 7) is 6.61. The van der Waals surface area contributed by atoms with Gasteiger partial charge in [0.25, 0.3) is 0 Å². The number of carbonyl (C=O) groups is 2. The van der Waals surface area contributed by atoms with E-state index in [4.69, 9.17) is 5.11 Å². The van der Waals surface area contributed by atoms with E-state index in [1.807, 2.05) is 13.8 Å². The van der Waals surface area contributed by atoms with E-state index in [9.17, 15) is 9.59 Å². The zero-order valence-electron chi connectivity index (χ0n) is 11.7. The van der Waals surface area contributed by atoms with Crippen molar-refractivity contribution in [3.8, 4) is 0 Å². The number of hydrogen-bond acceptors (Lipinski definition) is 2. The molecule has 4 heteroatoms. The first kappa shape index (κ1) is 15.0. The van der Waals surface area contributed by atoms with Gasteiger partial charge < -0.3 is 10.4 Å². The molecule has 0 aromatic rings. The van der Waals surface area contributed by atoms with Crippen LogP contribution in [-0.2, 0) is 9.59 Å². The van der Waals surface area contributed by atoms with E-state index < -0.39 is 11.4 Å². The molecule has 0 saturated heterocycles. The molecule has 1 aliphatic carbocycles. The second-order valence-corrected chi connectivity index (χ2v) is 6.38. The Morgan fingerprint density at radius 3 is 2.44 bits per heavy atom. The highest BCUT2D eigenvalue weighted by atomic mass is 16.4. The molecule has 104 valence electrons. The van der Waals surface area contributed by atoms with E-state index >= 15 is 0 Å². The number of hydrogen-bond donors (Lipinski definition) is 2. The zero-order valence-corrected chi connectivity index (χ0v) is 11.7. The minimum Gasteiger partial charge on any atom is -0.481 e. The molecule has 4 nitrogen and oxygen atoms in total. The van der Waals surface area contributed by atoms with E-state index in [1.54, 1.807) is 0 Å². The van der Waals surface area contributed by atoms with Crippen LogP contribution in [0, 0.1) is 17.3 Å². The van der Waals surface area contributed by atoms with Crippen LogP contribution in [0.2, 0.25) is 0 Å². The molecule has 0 aliphatic heterocycles. The van der Waals surface area contributed by atoms with Crippen LogP contribution >= 0.6 is 0 Å². The van der Waals surface area contributed by atoms with Crippen LogP contribution in [-0.4, -0.2) is 23.5 Å². The molecule has 1 amide bonds. The van der Waals surface area contributed by atoms with Crippen LogP contribution in [0.3, 0.4) is 0 Å². The average Bonchev–Trinajstić information content (AvgIpc) is 2.58. The molecule has 18 heavy (non-hydrogen) atoms. The standard InChI is InChI=1S/C14H25NO3/c1-10-5-4-6-11(10)9-15-12(16)7-14(2,3)8-13(17)18/h10-11H,4-9H2,1-3H3,(H,15,16)(H,17,18). The number of amides is 1. The lowest BCUT2D eigenvalue weighted by Gasteiger charge is -2.22. The normalized spacial score (nSPS) is 23.9. The summed E-state index contributed by atoms with van der Waals surface area (Å²) in [5.41, 5.74) is -0.475.